The number of carbonyl (C=O) groups is 2. The standard InChI is InChI=1S/C17H20N2O2S/c1-3-19(12-14-8-5-4-7-13(14)2)16(20)11-18-17(21)15-9-6-10-22-15/h4-10H,3,11-12H2,1-2H3,(H,18,21). The van der Waals surface area contributed by atoms with E-state index in [1.807, 2.05) is 49.6 Å². The third-order valence-corrected chi connectivity index (χ3v) is 4.37. The van der Waals surface area contributed by atoms with E-state index in [9.17, 15) is 9.59 Å². The van der Waals surface area contributed by atoms with Crippen molar-refractivity contribution < 1.29 is 9.59 Å². The first-order valence-corrected chi connectivity index (χ1v) is 8.13. The quantitative estimate of drug-likeness (QED) is 0.891. The summed E-state index contributed by atoms with van der Waals surface area (Å²) in [4.78, 5) is 26.5. The van der Waals surface area contributed by atoms with Crippen LogP contribution in [-0.2, 0) is 11.3 Å². The highest BCUT2D eigenvalue weighted by Gasteiger charge is 2.15. The number of amides is 2. The minimum atomic E-state index is -0.199. The van der Waals surface area contributed by atoms with Crippen molar-refractivity contribution in [1.82, 2.24) is 10.2 Å². The molecule has 1 N–H and O–H groups in total. The van der Waals surface area contributed by atoms with Gasteiger partial charge in [-0.2, -0.15) is 0 Å². The summed E-state index contributed by atoms with van der Waals surface area (Å²) >= 11 is 1.36. The van der Waals surface area contributed by atoms with Crippen LogP contribution in [0.3, 0.4) is 0 Å². The minimum Gasteiger partial charge on any atom is -0.342 e. The van der Waals surface area contributed by atoms with Crippen molar-refractivity contribution in [2.75, 3.05) is 13.1 Å². The molecule has 0 spiro atoms. The van der Waals surface area contributed by atoms with E-state index in [1.165, 1.54) is 11.3 Å². The van der Waals surface area contributed by atoms with Gasteiger partial charge in [-0.3, -0.25) is 9.59 Å². The largest absolute Gasteiger partial charge is 0.342 e. The lowest BCUT2D eigenvalue weighted by atomic mass is 10.1. The summed E-state index contributed by atoms with van der Waals surface area (Å²) in [5, 5.41) is 4.52. The number of aryl methyl sites for hydroxylation is 1. The van der Waals surface area contributed by atoms with Crippen molar-refractivity contribution in [1.29, 1.82) is 0 Å². The molecule has 1 aromatic carbocycles. The van der Waals surface area contributed by atoms with Gasteiger partial charge in [0.25, 0.3) is 5.91 Å². The van der Waals surface area contributed by atoms with E-state index < -0.39 is 0 Å². The molecule has 1 aromatic heterocycles. The Balaban J connectivity index is 1.92. The van der Waals surface area contributed by atoms with E-state index in [0.717, 1.165) is 11.1 Å². The molecule has 4 nitrogen and oxygen atoms in total. The number of carbonyl (C=O) groups excluding carboxylic acids is 2. The van der Waals surface area contributed by atoms with Gasteiger partial charge in [0.1, 0.15) is 0 Å². The molecule has 0 saturated heterocycles. The number of hydrogen-bond acceptors (Lipinski definition) is 3. The maximum Gasteiger partial charge on any atom is 0.261 e. The second-order valence-corrected chi connectivity index (χ2v) is 5.94. The normalized spacial score (nSPS) is 10.3. The van der Waals surface area contributed by atoms with Crippen LogP contribution in [0.15, 0.2) is 41.8 Å². The zero-order valence-electron chi connectivity index (χ0n) is 12.8. The summed E-state index contributed by atoms with van der Waals surface area (Å²) in [5.41, 5.74) is 2.29. The van der Waals surface area contributed by atoms with Gasteiger partial charge in [-0.1, -0.05) is 30.3 Å². The van der Waals surface area contributed by atoms with Gasteiger partial charge >= 0.3 is 0 Å². The van der Waals surface area contributed by atoms with Gasteiger partial charge in [0, 0.05) is 13.1 Å². The van der Waals surface area contributed by atoms with Crippen LogP contribution in [0.2, 0.25) is 0 Å². The average molecular weight is 316 g/mol. The molecular weight excluding hydrogens is 296 g/mol. The first-order valence-electron chi connectivity index (χ1n) is 7.25. The summed E-state index contributed by atoms with van der Waals surface area (Å²) < 4.78 is 0. The number of benzene rings is 1. The topological polar surface area (TPSA) is 49.4 Å². The fourth-order valence-electron chi connectivity index (χ4n) is 2.13. The number of thiophene rings is 1. The predicted molar refractivity (Wildman–Crippen MR) is 88.9 cm³/mol. The number of hydrogen-bond donors (Lipinski definition) is 1. The van der Waals surface area contributed by atoms with Crippen molar-refractivity contribution in [3.63, 3.8) is 0 Å². The third-order valence-electron chi connectivity index (χ3n) is 3.50. The molecule has 22 heavy (non-hydrogen) atoms. The Morgan fingerprint density at radius 2 is 1.95 bits per heavy atom. The van der Waals surface area contributed by atoms with Crippen LogP contribution in [0.4, 0.5) is 0 Å². The van der Waals surface area contributed by atoms with Crippen LogP contribution in [0.5, 0.6) is 0 Å². The van der Waals surface area contributed by atoms with E-state index in [0.29, 0.717) is 18.0 Å². The zero-order valence-corrected chi connectivity index (χ0v) is 13.7. The minimum absolute atomic E-state index is 0.0243. The Bertz CT molecular complexity index is 638. The molecule has 1 heterocycles. The smallest absolute Gasteiger partial charge is 0.261 e. The maximum absolute atomic E-state index is 12.3. The van der Waals surface area contributed by atoms with Crippen molar-refractivity contribution >= 4 is 23.2 Å². The Labute approximate surface area is 134 Å². The van der Waals surface area contributed by atoms with Crippen LogP contribution >= 0.6 is 11.3 Å². The first kappa shape index (κ1) is 16.2. The van der Waals surface area contributed by atoms with E-state index in [1.54, 1.807) is 11.0 Å². The van der Waals surface area contributed by atoms with Crippen molar-refractivity contribution in [2.24, 2.45) is 0 Å². The lowest BCUT2D eigenvalue weighted by molar-refractivity contribution is -0.130. The third kappa shape index (κ3) is 4.18. The van der Waals surface area contributed by atoms with E-state index in [-0.39, 0.29) is 18.4 Å². The molecule has 0 atom stereocenters. The maximum atomic E-state index is 12.3. The number of nitrogens with zero attached hydrogens (tertiary/aromatic N) is 1. The SMILES string of the molecule is CCN(Cc1ccccc1C)C(=O)CNC(=O)c1cccs1. The molecule has 0 aliphatic rings. The van der Waals surface area contributed by atoms with Crippen LogP contribution in [0.1, 0.15) is 27.7 Å². The van der Waals surface area contributed by atoms with E-state index in [2.05, 4.69) is 5.32 Å². The average Bonchev–Trinajstić information content (AvgIpc) is 3.06. The molecule has 0 aliphatic carbocycles. The Kier molecular flexibility index (Phi) is 5.72. The highest BCUT2D eigenvalue weighted by Crippen LogP contribution is 2.11. The fraction of sp³-hybridized carbons (Fsp3) is 0.294. The number of rotatable bonds is 6. The van der Waals surface area contributed by atoms with Gasteiger partial charge in [0.05, 0.1) is 11.4 Å². The summed E-state index contributed by atoms with van der Waals surface area (Å²) in [6.07, 6.45) is 0. The van der Waals surface area contributed by atoms with Gasteiger partial charge < -0.3 is 10.2 Å². The molecule has 0 bridgehead atoms. The number of likely N-dealkylation sites (N-methyl/N-ethyl adjacent to an activating group) is 1. The molecule has 0 aliphatic heterocycles. The van der Waals surface area contributed by atoms with Crippen LogP contribution in [0.25, 0.3) is 0 Å². The van der Waals surface area contributed by atoms with Crippen molar-refractivity contribution in [3.05, 3.63) is 57.8 Å². The zero-order chi connectivity index (χ0) is 15.9. The Hall–Kier alpha value is -2.14. The molecule has 0 saturated carbocycles. The molecule has 0 radical (unpaired) electrons. The molecule has 2 aromatic rings. The second kappa shape index (κ2) is 7.75. The molecule has 5 heteroatoms. The molecule has 116 valence electrons. The van der Waals surface area contributed by atoms with Gasteiger partial charge in [0.2, 0.25) is 5.91 Å². The highest BCUT2D eigenvalue weighted by atomic mass is 32.1. The summed E-state index contributed by atoms with van der Waals surface area (Å²) in [6, 6.07) is 11.6. The lowest BCUT2D eigenvalue weighted by Gasteiger charge is -2.22. The van der Waals surface area contributed by atoms with Crippen LogP contribution in [-0.4, -0.2) is 29.8 Å². The Morgan fingerprint density at radius 3 is 2.59 bits per heavy atom. The molecule has 0 unspecified atom stereocenters. The summed E-state index contributed by atoms with van der Waals surface area (Å²) in [7, 11) is 0. The van der Waals surface area contributed by atoms with E-state index in [4.69, 9.17) is 0 Å². The van der Waals surface area contributed by atoms with Gasteiger partial charge in [-0.25, -0.2) is 0 Å². The van der Waals surface area contributed by atoms with Gasteiger partial charge in [-0.05, 0) is 36.4 Å². The fourth-order valence-corrected chi connectivity index (χ4v) is 2.77. The monoisotopic (exact) mass is 316 g/mol. The van der Waals surface area contributed by atoms with E-state index >= 15 is 0 Å². The molecule has 2 amide bonds. The Morgan fingerprint density at radius 1 is 1.18 bits per heavy atom. The number of nitrogens with one attached hydrogen (secondary N) is 1. The van der Waals surface area contributed by atoms with Crippen molar-refractivity contribution in [3.8, 4) is 0 Å². The van der Waals surface area contributed by atoms with Crippen LogP contribution in [0, 0.1) is 6.92 Å². The highest BCUT2D eigenvalue weighted by molar-refractivity contribution is 7.12. The second-order valence-electron chi connectivity index (χ2n) is 4.99. The van der Waals surface area contributed by atoms with Gasteiger partial charge in [-0.15, -0.1) is 11.3 Å². The lowest BCUT2D eigenvalue weighted by Crippen LogP contribution is -2.39. The van der Waals surface area contributed by atoms with Gasteiger partial charge in [0.15, 0.2) is 0 Å². The summed E-state index contributed by atoms with van der Waals surface area (Å²) in [5.74, 6) is -0.272. The molecule has 0 fully saturated rings. The van der Waals surface area contributed by atoms with Crippen molar-refractivity contribution in [2.45, 2.75) is 20.4 Å². The molecule has 2 rings (SSSR count). The van der Waals surface area contributed by atoms with Crippen LogP contribution < -0.4 is 5.32 Å². The first-order chi connectivity index (χ1) is 10.6. The molecular formula is C17H20N2O2S. The predicted octanol–water partition coefficient (Wildman–Crippen LogP) is 2.84. The summed E-state index contributed by atoms with van der Waals surface area (Å²) in [6.45, 7) is 5.18.